The van der Waals surface area contributed by atoms with Crippen molar-refractivity contribution in [1.29, 1.82) is 5.26 Å². The van der Waals surface area contributed by atoms with Crippen LogP contribution in [-0.4, -0.2) is 31.4 Å². The normalized spacial score (nSPS) is 11.4. The number of aromatic nitrogens is 3. The van der Waals surface area contributed by atoms with E-state index in [9.17, 15) is 25.0 Å². The summed E-state index contributed by atoms with van der Waals surface area (Å²) < 4.78 is 1.16. The number of hydrogen-bond acceptors (Lipinski definition) is 7. The molecule has 0 spiro atoms. The number of nitrogens with zero attached hydrogens (tertiary/aromatic N) is 5. The van der Waals surface area contributed by atoms with E-state index in [4.69, 9.17) is 23.2 Å². The number of carbonyl (C=O) groups is 2. The fraction of sp³-hybridized carbons (Fsp3) is 0.0556. The first-order chi connectivity index (χ1) is 14.3. The van der Waals surface area contributed by atoms with Crippen LogP contribution in [0.1, 0.15) is 10.4 Å². The maximum absolute atomic E-state index is 12.7. The molecule has 0 fully saturated rings. The lowest BCUT2D eigenvalue weighted by molar-refractivity contribution is -0.384. The van der Waals surface area contributed by atoms with Crippen molar-refractivity contribution in [2.45, 2.75) is 0 Å². The average molecular weight is 445 g/mol. The van der Waals surface area contributed by atoms with E-state index in [0.717, 1.165) is 10.7 Å². The van der Waals surface area contributed by atoms with Crippen molar-refractivity contribution >= 4 is 46.3 Å². The van der Waals surface area contributed by atoms with Gasteiger partial charge in [-0.15, -0.1) is 0 Å². The highest BCUT2D eigenvalue weighted by Gasteiger charge is 2.30. The molecule has 1 N–H and O–H groups in total. The number of carbonyl (C=O) groups excluding carboxylic acids is 2. The smallest absolute Gasteiger partial charge is 0.295 e. The summed E-state index contributed by atoms with van der Waals surface area (Å²) in [6, 6.07) is 9.41. The van der Waals surface area contributed by atoms with E-state index < -0.39 is 28.2 Å². The summed E-state index contributed by atoms with van der Waals surface area (Å²) in [4.78, 5) is 39.6. The van der Waals surface area contributed by atoms with Gasteiger partial charge in [-0.2, -0.15) is 10.4 Å². The Morgan fingerprint density at radius 1 is 1.23 bits per heavy atom. The number of rotatable bonds is 6. The summed E-state index contributed by atoms with van der Waals surface area (Å²) in [7, 11) is 0. The number of halogens is 2. The monoisotopic (exact) mass is 444 g/mol. The van der Waals surface area contributed by atoms with Crippen LogP contribution in [0.5, 0.6) is 0 Å². The van der Waals surface area contributed by atoms with Gasteiger partial charge in [0, 0.05) is 16.7 Å². The molecule has 0 saturated heterocycles. The van der Waals surface area contributed by atoms with Gasteiger partial charge in [0.2, 0.25) is 5.91 Å². The Labute approximate surface area is 178 Å². The van der Waals surface area contributed by atoms with Gasteiger partial charge in [-0.1, -0.05) is 23.2 Å². The van der Waals surface area contributed by atoms with Crippen LogP contribution in [0, 0.1) is 27.4 Å². The lowest BCUT2D eigenvalue weighted by atomic mass is 9.97. The molecule has 1 unspecified atom stereocenters. The van der Waals surface area contributed by atoms with Gasteiger partial charge in [-0.3, -0.25) is 19.7 Å². The molecule has 150 valence electrons. The predicted molar refractivity (Wildman–Crippen MR) is 107 cm³/mol. The first-order valence-corrected chi connectivity index (χ1v) is 8.90. The highest BCUT2D eigenvalue weighted by molar-refractivity contribution is 6.36. The van der Waals surface area contributed by atoms with Gasteiger partial charge >= 0.3 is 0 Å². The number of amides is 1. The van der Waals surface area contributed by atoms with E-state index in [0.29, 0.717) is 5.02 Å². The molecule has 0 saturated carbocycles. The first-order valence-electron chi connectivity index (χ1n) is 8.15. The van der Waals surface area contributed by atoms with E-state index in [1.54, 1.807) is 6.07 Å². The van der Waals surface area contributed by atoms with Crippen LogP contribution in [0.25, 0.3) is 5.69 Å². The van der Waals surface area contributed by atoms with Gasteiger partial charge in [0.1, 0.15) is 18.3 Å². The van der Waals surface area contributed by atoms with E-state index in [-0.39, 0.29) is 22.0 Å². The minimum absolute atomic E-state index is 0.0694. The molecular weight excluding hydrogens is 435 g/mol. The molecule has 0 bridgehead atoms. The van der Waals surface area contributed by atoms with Crippen molar-refractivity contribution in [3.63, 3.8) is 0 Å². The third-order valence-electron chi connectivity index (χ3n) is 3.96. The molecule has 1 atom stereocenters. The second kappa shape index (κ2) is 8.69. The molecule has 10 nitrogen and oxygen atoms in total. The molecule has 0 aliphatic rings. The van der Waals surface area contributed by atoms with Gasteiger partial charge in [0.15, 0.2) is 11.7 Å². The quantitative estimate of drug-likeness (QED) is 0.265. The molecule has 0 aliphatic carbocycles. The fourth-order valence-electron chi connectivity index (χ4n) is 2.55. The zero-order chi connectivity index (χ0) is 21.8. The summed E-state index contributed by atoms with van der Waals surface area (Å²) in [5, 5.41) is 27.5. The largest absolute Gasteiger partial charge is 0.323 e. The second-order valence-electron chi connectivity index (χ2n) is 5.84. The minimum Gasteiger partial charge on any atom is -0.323 e. The summed E-state index contributed by atoms with van der Waals surface area (Å²) in [6.07, 6.45) is 2.45. The molecule has 0 radical (unpaired) electrons. The SMILES string of the molecule is N#CC(C(=O)Nc1ccc(Cl)cc1Cl)C(=O)c1ccc(-n2cncn2)c([N+](=O)[O-])c1. The number of benzene rings is 2. The lowest BCUT2D eigenvalue weighted by Crippen LogP contribution is -2.29. The summed E-state index contributed by atoms with van der Waals surface area (Å²) >= 11 is 11.8. The van der Waals surface area contributed by atoms with Crippen LogP contribution in [0.2, 0.25) is 10.0 Å². The predicted octanol–water partition coefficient (Wildman–Crippen LogP) is 3.44. The summed E-state index contributed by atoms with van der Waals surface area (Å²) in [5.41, 5.74) is -0.398. The maximum Gasteiger partial charge on any atom is 0.295 e. The van der Waals surface area contributed by atoms with Crippen molar-refractivity contribution in [2.24, 2.45) is 5.92 Å². The van der Waals surface area contributed by atoms with Crippen molar-refractivity contribution in [2.75, 3.05) is 5.32 Å². The third-order valence-corrected chi connectivity index (χ3v) is 4.51. The molecule has 1 aromatic heterocycles. The van der Waals surface area contributed by atoms with E-state index >= 15 is 0 Å². The zero-order valence-corrected chi connectivity index (χ0v) is 16.3. The standard InChI is InChI=1S/C18H10Cl2N6O4/c19-11-2-3-14(13(20)6-11)24-18(28)12(7-21)17(27)10-1-4-15(16(5-10)26(29)30)25-9-22-8-23-25/h1-6,8-9,12H,(H,24,28). The summed E-state index contributed by atoms with van der Waals surface area (Å²) in [6.45, 7) is 0. The number of anilines is 1. The molecule has 2 aromatic carbocycles. The van der Waals surface area contributed by atoms with Gasteiger partial charge < -0.3 is 5.32 Å². The number of nitro benzene ring substituents is 1. The molecule has 30 heavy (non-hydrogen) atoms. The summed E-state index contributed by atoms with van der Waals surface area (Å²) in [5.74, 6) is -3.60. The maximum atomic E-state index is 12.7. The van der Waals surface area contributed by atoms with Crippen molar-refractivity contribution in [3.8, 4) is 11.8 Å². The number of nitriles is 1. The van der Waals surface area contributed by atoms with Crippen LogP contribution >= 0.6 is 23.2 Å². The molecular formula is C18H10Cl2N6O4. The van der Waals surface area contributed by atoms with Gasteiger partial charge in [0.25, 0.3) is 5.69 Å². The number of nitro groups is 1. The number of hydrogen-bond donors (Lipinski definition) is 1. The molecule has 3 aromatic rings. The van der Waals surface area contributed by atoms with E-state index in [1.807, 2.05) is 0 Å². The Bertz CT molecular complexity index is 1190. The Kier molecular flexibility index (Phi) is 6.06. The highest BCUT2D eigenvalue weighted by Crippen LogP contribution is 2.27. The lowest BCUT2D eigenvalue weighted by Gasteiger charge is -2.11. The first kappa shape index (κ1) is 20.9. The molecule has 12 heteroatoms. The molecule has 1 amide bonds. The van der Waals surface area contributed by atoms with Crippen LogP contribution in [0.15, 0.2) is 49.1 Å². The number of Topliss-reactive ketones (excluding diaryl/α,β-unsaturated/α-hetero) is 1. The number of nitrogens with one attached hydrogen (secondary N) is 1. The van der Waals surface area contributed by atoms with E-state index in [2.05, 4.69) is 15.4 Å². The Morgan fingerprint density at radius 2 is 2.00 bits per heavy atom. The van der Waals surface area contributed by atoms with Crippen LogP contribution in [0.3, 0.4) is 0 Å². The van der Waals surface area contributed by atoms with E-state index in [1.165, 1.54) is 43.0 Å². The molecule has 0 aliphatic heterocycles. The Morgan fingerprint density at radius 3 is 2.60 bits per heavy atom. The second-order valence-corrected chi connectivity index (χ2v) is 6.68. The van der Waals surface area contributed by atoms with Crippen LogP contribution in [-0.2, 0) is 4.79 Å². The Hall–Kier alpha value is -3.81. The van der Waals surface area contributed by atoms with Gasteiger partial charge in [-0.25, -0.2) is 9.67 Å². The van der Waals surface area contributed by atoms with Crippen molar-refractivity contribution in [3.05, 3.63) is 74.8 Å². The fourth-order valence-corrected chi connectivity index (χ4v) is 3.00. The Balaban J connectivity index is 1.90. The molecule has 3 rings (SSSR count). The average Bonchev–Trinajstić information content (AvgIpc) is 3.24. The van der Waals surface area contributed by atoms with Gasteiger partial charge in [0.05, 0.1) is 21.7 Å². The zero-order valence-electron chi connectivity index (χ0n) is 14.8. The number of ketones is 1. The van der Waals surface area contributed by atoms with Crippen LogP contribution in [0.4, 0.5) is 11.4 Å². The van der Waals surface area contributed by atoms with Crippen molar-refractivity contribution in [1.82, 2.24) is 14.8 Å². The van der Waals surface area contributed by atoms with Crippen LogP contribution < -0.4 is 5.32 Å². The van der Waals surface area contributed by atoms with Crippen molar-refractivity contribution < 1.29 is 14.5 Å². The highest BCUT2D eigenvalue weighted by atomic mass is 35.5. The topological polar surface area (TPSA) is 144 Å². The third kappa shape index (κ3) is 4.27. The minimum atomic E-state index is -1.76. The van der Waals surface area contributed by atoms with Gasteiger partial charge in [-0.05, 0) is 30.3 Å². The molecule has 1 heterocycles.